The molecule has 1 aliphatic rings. The van der Waals surface area contributed by atoms with Crippen LogP contribution >= 0.6 is 0 Å². The summed E-state index contributed by atoms with van der Waals surface area (Å²) in [5.41, 5.74) is 0.166. The highest BCUT2D eigenvalue weighted by molar-refractivity contribution is 7.88. The second kappa shape index (κ2) is 9.57. The van der Waals surface area contributed by atoms with Crippen LogP contribution in [0.3, 0.4) is 0 Å². The number of aromatic nitrogens is 2. The lowest BCUT2D eigenvalue weighted by molar-refractivity contribution is -0.107. The van der Waals surface area contributed by atoms with Gasteiger partial charge in [-0.1, -0.05) is 0 Å². The van der Waals surface area contributed by atoms with Gasteiger partial charge in [0, 0.05) is 36.9 Å². The van der Waals surface area contributed by atoms with E-state index in [0.717, 1.165) is 0 Å². The molecule has 0 radical (unpaired) electrons. The Balaban J connectivity index is 2.26. The lowest BCUT2D eigenvalue weighted by atomic mass is 10.1. The summed E-state index contributed by atoms with van der Waals surface area (Å²) in [6, 6.07) is -0.263. The number of rotatable bonds is 8. The predicted molar refractivity (Wildman–Crippen MR) is 108 cm³/mol. The molecule has 0 atom stereocenters. The predicted octanol–water partition coefficient (Wildman–Crippen LogP) is 2.35. The van der Waals surface area contributed by atoms with Crippen LogP contribution in [0, 0.1) is 0 Å². The van der Waals surface area contributed by atoms with Gasteiger partial charge in [-0.25, -0.2) is 26.5 Å². The molecule has 0 bridgehead atoms. The first kappa shape index (κ1) is 23.1. The zero-order chi connectivity index (χ0) is 21.8. The van der Waals surface area contributed by atoms with Gasteiger partial charge in [0.1, 0.15) is 5.82 Å². The number of nitrogens with one attached hydrogen (secondary N) is 1. The maximum Gasteiger partial charge on any atom is 0.259 e. The van der Waals surface area contributed by atoms with Crippen molar-refractivity contribution >= 4 is 34.3 Å². The summed E-state index contributed by atoms with van der Waals surface area (Å²) in [6.07, 6.45) is 3.01. The summed E-state index contributed by atoms with van der Waals surface area (Å²) >= 11 is 0. The SMILES string of the molecule is C/C(=C\c1cnc(NC2CCN(S(C)(=O)=O)CC2)nc1N(C=O)C(C)C)C(F)F. The molecule has 1 fully saturated rings. The van der Waals surface area contributed by atoms with Gasteiger partial charge in [0.05, 0.1) is 6.26 Å². The van der Waals surface area contributed by atoms with Crippen LogP contribution < -0.4 is 10.2 Å². The number of carbonyl (C=O) groups is 1. The lowest BCUT2D eigenvalue weighted by Crippen LogP contribution is -2.42. The molecule has 8 nitrogen and oxygen atoms in total. The van der Waals surface area contributed by atoms with Gasteiger partial charge in [-0.3, -0.25) is 9.69 Å². The first-order valence-electron chi connectivity index (χ1n) is 9.31. The van der Waals surface area contributed by atoms with E-state index >= 15 is 0 Å². The van der Waals surface area contributed by atoms with E-state index in [1.807, 2.05) is 0 Å². The van der Waals surface area contributed by atoms with Gasteiger partial charge in [-0.15, -0.1) is 0 Å². The van der Waals surface area contributed by atoms with Gasteiger partial charge in [-0.05, 0) is 45.3 Å². The molecule has 0 aliphatic carbocycles. The fraction of sp³-hybridized carbons (Fsp3) is 0.611. The van der Waals surface area contributed by atoms with Crippen LogP contribution in [-0.2, 0) is 14.8 Å². The topological polar surface area (TPSA) is 95.5 Å². The number of anilines is 2. The van der Waals surface area contributed by atoms with E-state index in [1.54, 1.807) is 13.8 Å². The third-order valence-corrected chi connectivity index (χ3v) is 6.00. The van der Waals surface area contributed by atoms with Crippen molar-refractivity contribution in [1.29, 1.82) is 0 Å². The average Bonchev–Trinajstić information content (AvgIpc) is 2.63. The molecule has 11 heteroatoms. The lowest BCUT2D eigenvalue weighted by Gasteiger charge is -2.31. The number of hydrogen-bond acceptors (Lipinski definition) is 6. The van der Waals surface area contributed by atoms with E-state index in [0.29, 0.717) is 37.9 Å². The van der Waals surface area contributed by atoms with Crippen LogP contribution in [0.4, 0.5) is 20.5 Å². The van der Waals surface area contributed by atoms with Crippen molar-refractivity contribution < 1.29 is 22.0 Å². The van der Waals surface area contributed by atoms with Crippen molar-refractivity contribution in [1.82, 2.24) is 14.3 Å². The number of piperidine rings is 1. The van der Waals surface area contributed by atoms with Crippen LogP contribution in [0.5, 0.6) is 0 Å². The van der Waals surface area contributed by atoms with Gasteiger partial charge >= 0.3 is 0 Å². The molecule has 0 saturated carbocycles. The molecule has 1 aromatic rings. The summed E-state index contributed by atoms with van der Waals surface area (Å²) in [6.45, 7) is 5.67. The molecular weight excluding hydrogens is 404 g/mol. The van der Waals surface area contributed by atoms with Crippen molar-refractivity contribution in [3.63, 3.8) is 0 Å². The molecule has 1 amide bonds. The van der Waals surface area contributed by atoms with E-state index in [4.69, 9.17) is 0 Å². The first-order chi connectivity index (χ1) is 13.5. The third kappa shape index (κ3) is 6.17. The Hall–Kier alpha value is -2.14. The summed E-state index contributed by atoms with van der Waals surface area (Å²) in [5.74, 6) is 0.498. The number of amides is 1. The van der Waals surface area contributed by atoms with Crippen LogP contribution in [0.15, 0.2) is 11.8 Å². The molecular formula is C18H27F2N5O3S. The smallest absolute Gasteiger partial charge is 0.259 e. The van der Waals surface area contributed by atoms with Crippen LogP contribution in [-0.4, -0.2) is 67.0 Å². The number of hydrogen-bond donors (Lipinski definition) is 1. The minimum absolute atomic E-state index is 0.0335. The Morgan fingerprint density at radius 1 is 1.34 bits per heavy atom. The zero-order valence-electron chi connectivity index (χ0n) is 17.0. The standard InChI is InChI=1S/C18H27F2N5O3S/c1-12(2)25(11-26)17-14(9-13(3)16(19)20)10-21-18(23-17)22-15-5-7-24(8-6-15)29(4,27)28/h9-12,15-16H,5-8H2,1-4H3,(H,21,22,23)/b13-9+. The van der Waals surface area contributed by atoms with E-state index in [-0.39, 0.29) is 29.4 Å². The van der Waals surface area contributed by atoms with Gasteiger partial charge in [0.15, 0.2) is 0 Å². The molecule has 1 N–H and O–H groups in total. The van der Waals surface area contributed by atoms with E-state index in [9.17, 15) is 22.0 Å². The molecule has 1 saturated heterocycles. The summed E-state index contributed by atoms with van der Waals surface area (Å²) in [7, 11) is -3.22. The monoisotopic (exact) mass is 431 g/mol. The highest BCUT2D eigenvalue weighted by atomic mass is 32.2. The number of alkyl halides is 2. The van der Waals surface area contributed by atoms with Crippen molar-refractivity contribution in [3.05, 3.63) is 17.3 Å². The van der Waals surface area contributed by atoms with E-state index < -0.39 is 16.4 Å². The quantitative estimate of drug-likeness (QED) is 0.635. The zero-order valence-corrected chi connectivity index (χ0v) is 17.8. The first-order valence-corrected chi connectivity index (χ1v) is 11.2. The number of allylic oxidation sites excluding steroid dienone is 1. The molecule has 162 valence electrons. The Morgan fingerprint density at radius 2 is 1.97 bits per heavy atom. The van der Waals surface area contributed by atoms with E-state index in [2.05, 4.69) is 15.3 Å². The van der Waals surface area contributed by atoms with Gasteiger partial charge in [-0.2, -0.15) is 4.98 Å². The summed E-state index contributed by atoms with van der Waals surface area (Å²) in [4.78, 5) is 21.5. The Kier molecular flexibility index (Phi) is 7.64. The second-order valence-corrected chi connectivity index (χ2v) is 9.33. The normalized spacial score (nSPS) is 17.0. The van der Waals surface area contributed by atoms with Crippen LogP contribution in [0.2, 0.25) is 0 Å². The molecule has 29 heavy (non-hydrogen) atoms. The number of sulfonamides is 1. The second-order valence-electron chi connectivity index (χ2n) is 7.35. The number of carbonyl (C=O) groups excluding carboxylic acids is 1. The largest absolute Gasteiger partial charge is 0.351 e. The molecule has 1 aromatic heterocycles. The fourth-order valence-electron chi connectivity index (χ4n) is 3.00. The summed E-state index contributed by atoms with van der Waals surface area (Å²) < 4.78 is 50.6. The highest BCUT2D eigenvalue weighted by Gasteiger charge is 2.26. The Morgan fingerprint density at radius 3 is 2.45 bits per heavy atom. The Labute approximate surface area is 170 Å². The van der Waals surface area contributed by atoms with Gasteiger partial charge < -0.3 is 5.32 Å². The van der Waals surface area contributed by atoms with Gasteiger partial charge in [0.25, 0.3) is 6.43 Å². The van der Waals surface area contributed by atoms with Crippen molar-refractivity contribution in [2.75, 3.05) is 29.6 Å². The highest BCUT2D eigenvalue weighted by Crippen LogP contribution is 2.25. The molecule has 0 unspecified atom stereocenters. The van der Waals surface area contributed by atoms with Crippen molar-refractivity contribution in [3.8, 4) is 0 Å². The summed E-state index contributed by atoms with van der Waals surface area (Å²) in [5, 5.41) is 3.16. The number of nitrogens with zero attached hydrogens (tertiary/aromatic N) is 4. The molecule has 0 aromatic carbocycles. The fourth-order valence-corrected chi connectivity index (χ4v) is 3.87. The molecule has 1 aliphatic heterocycles. The molecule has 0 spiro atoms. The maximum atomic E-state index is 12.9. The number of halogens is 2. The maximum absolute atomic E-state index is 12.9. The molecule has 2 heterocycles. The Bertz CT molecular complexity index is 853. The van der Waals surface area contributed by atoms with Crippen LogP contribution in [0.1, 0.15) is 39.2 Å². The van der Waals surface area contributed by atoms with Crippen molar-refractivity contribution in [2.24, 2.45) is 0 Å². The van der Waals surface area contributed by atoms with Crippen molar-refractivity contribution in [2.45, 2.75) is 52.1 Å². The molecule has 2 rings (SSSR count). The minimum Gasteiger partial charge on any atom is -0.351 e. The average molecular weight is 432 g/mol. The van der Waals surface area contributed by atoms with Crippen LogP contribution in [0.25, 0.3) is 6.08 Å². The van der Waals surface area contributed by atoms with E-state index in [1.165, 1.54) is 34.7 Å². The third-order valence-electron chi connectivity index (χ3n) is 4.69. The minimum atomic E-state index is -3.22. The van der Waals surface area contributed by atoms with Gasteiger partial charge in [0.2, 0.25) is 22.4 Å².